The molecule has 0 aliphatic carbocycles. The summed E-state index contributed by atoms with van der Waals surface area (Å²) in [6, 6.07) is 9.22. The molecule has 0 spiro atoms. The van der Waals surface area contributed by atoms with E-state index in [0.717, 1.165) is 0 Å². The van der Waals surface area contributed by atoms with Gasteiger partial charge in [0.15, 0.2) is 0 Å². The Bertz CT molecular complexity index is 596. The fourth-order valence-corrected chi connectivity index (χ4v) is 1.75. The van der Waals surface area contributed by atoms with Crippen molar-refractivity contribution in [3.63, 3.8) is 0 Å². The van der Waals surface area contributed by atoms with Crippen LogP contribution in [0.3, 0.4) is 0 Å². The Kier molecular flexibility index (Phi) is 5.74. The lowest BCUT2D eigenvalue weighted by molar-refractivity contribution is -0.137. The van der Waals surface area contributed by atoms with Gasteiger partial charge < -0.3 is 9.84 Å². The first-order valence-electron chi connectivity index (χ1n) is 6.34. The zero-order valence-electron chi connectivity index (χ0n) is 12.1. The molecule has 0 saturated carbocycles. The molecule has 1 N–H and O–H groups in total. The van der Waals surface area contributed by atoms with Crippen LogP contribution in [-0.2, 0) is 9.53 Å². The molecule has 0 saturated heterocycles. The van der Waals surface area contributed by atoms with Gasteiger partial charge in [0.25, 0.3) is 6.07 Å². The van der Waals surface area contributed by atoms with Crippen LogP contribution in [0.15, 0.2) is 24.3 Å². The summed E-state index contributed by atoms with van der Waals surface area (Å²) in [7, 11) is 0. The van der Waals surface area contributed by atoms with Crippen molar-refractivity contribution in [2.75, 3.05) is 0 Å². The van der Waals surface area contributed by atoms with Crippen molar-refractivity contribution >= 4 is 23.7 Å². The van der Waals surface area contributed by atoms with E-state index in [-0.39, 0.29) is 6.42 Å². The number of hydrogen-bond acceptors (Lipinski definition) is 3. The molecule has 0 fully saturated rings. The van der Waals surface area contributed by atoms with Gasteiger partial charge in [-0.3, -0.25) is 4.79 Å². The molecule has 0 aliphatic heterocycles. The summed E-state index contributed by atoms with van der Waals surface area (Å²) in [5.74, 6) is -1.69. The number of hydrogen-bond donors (Lipinski definition) is 1. The van der Waals surface area contributed by atoms with Gasteiger partial charge in [-0.15, -0.1) is 0 Å². The summed E-state index contributed by atoms with van der Waals surface area (Å²) in [6.45, 7) is 5.14. The van der Waals surface area contributed by atoms with Crippen LogP contribution in [0.25, 0.3) is 4.85 Å². The molecule has 0 bridgehead atoms. The Balaban J connectivity index is 2.95. The highest BCUT2D eigenvalue weighted by Gasteiger charge is 2.26. The minimum atomic E-state index is -1.02. The number of ether oxygens (including phenoxy) is 1. The van der Waals surface area contributed by atoms with E-state index in [1.54, 1.807) is 45.0 Å². The first-order chi connectivity index (χ1) is 9.67. The number of halogens is 1. The minimum absolute atomic E-state index is 0.243. The minimum Gasteiger partial charge on any atom is -0.481 e. The lowest BCUT2D eigenvalue weighted by Gasteiger charge is -2.12. The van der Waals surface area contributed by atoms with Gasteiger partial charge in [-0.1, -0.05) is 23.7 Å². The number of rotatable bonds is 3. The fourth-order valence-electron chi connectivity index (χ4n) is 1.55. The van der Waals surface area contributed by atoms with Gasteiger partial charge in [-0.25, -0.2) is 0 Å². The molecule has 5 nitrogen and oxygen atoms in total. The van der Waals surface area contributed by atoms with Crippen LogP contribution in [0.1, 0.15) is 38.7 Å². The first kappa shape index (κ1) is 17.0. The van der Waals surface area contributed by atoms with Gasteiger partial charge in [0.1, 0.15) is 11.5 Å². The fraction of sp³-hybridized carbons (Fsp3) is 0.400. The second kappa shape index (κ2) is 7.09. The highest BCUT2D eigenvalue weighted by Crippen LogP contribution is 2.22. The Morgan fingerprint density at radius 2 is 2.10 bits per heavy atom. The van der Waals surface area contributed by atoms with E-state index < -0.39 is 23.6 Å². The molecule has 1 aromatic rings. The number of carboxylic acid groups (broad SMARTS) is 1. The van der Waals surface area contributed by atoms with Crippen LogP contribution in [-0.4, -0.2) is 22.8 Å². The summed E-state index contributed by atoms with van der Waals surface area (Å²) in [5, 5.41) is 9.41. The molecular weight excluding hydrogens is 294 g/mol. The van der Waals surface area contributed by atoms with Crippen LogP contribution in [0, 0.1) is 6.07 Å². The van der Waals surface area contributed by atoms with Crippen molar-refractivity contribution in [1.82, 2.24) is 0 Å². The van der Waals surface area contributed by atoms with Crippen LogP contribution < -0.4 is 0 Å². The molecule has 112 valence electrons. The number of benzene rings is 1. The third-order valence-electron chi connectivity index (χ3n) is 2.33. The molecule has 1 unspecified atom stereocenters. The molecule has 0 radical (unpaired) electrons. The molecule has 0 aliphatic rings. The van der Waals surface area contributed by atoms with Gasteiger partial charge in [-0.05, 0) is 38.5 Å². The molecule has 1 amide bonds. The van der Waals surface area contributed by atoms with E-state index in [9.17, 15) is 9.59 Å². The van der Waals surface area contributed by atoms with Crippen molar-refractivity contribution in [1.29, 1.82) is 0 Å². The van der Waals surface area contributed by atoms with Gasteiger partial charge in [0.2, 0.25) is 0 Å². The van der Waals surface area contributed by atoms with Crippen molar-refractivity contribution < 1.29 is 19.4 Å². The molecule has 1 aromatic carbocycles. The third kappa shape index (κ3) is 6.77. The van der Waals surface area contributed by atoms with E-state index in [2.05, 4.69) is 10.9 Å². The molecule has 6 heteroatoms. The summed E-state index contributed by atoms with van der Waals surface area (Å²) < 4.78 is 5.01. The van der Waals surface area contributed by atoms with Gasteiger partial charge in [0.05, 0.1) is 11.3 Å². The number of aliphatic carboxylic acids is 1. The van der Waals surface area contributed by atoms with Gasteiger partial charge >= 0.3 is 12.1 Å². The smallest absolute Gasteiger partial charge is 0.481 e. The highest BCUT2D eigenvalue weighted by atomic mass is 35.5. The topological polar surface area (TPSA) is 68.0 Å². The van der Waals surface area contributed by atoms with Crippen molar-refractivity contribution in [3.8, 4) is 6.07 Å². The van der Waals surface area contributed by atoms with Gasteiger partial charge in [-0.2, -0.15) is 4.79 Å². The number of nitrogens with zero attached hydrogens (tertiary/aromatic N) is 1. The molecule has 0 aromatic heterocycles. The van der Waals surface area contributed by atoms with Crippen LogP contribution in [0.5, 0.6) is 0 Å². The SMILES string of the molecule is CC(C)(C)OC(=O)[N+]#CC(CC(=O)O)c1cccc(Cl)c1. The maximum Gasteiger partial charge on any atom is 0.728 e. The summed E-state index contributed by atoms with van der Waals surface area (Å²) in [5.41, 5.74) is -0.0436. The zero-order chi connectivity index (χ0) is 16.0. The molecule has 0 heterocycles. The number of carbonyl (C=O) groups excluding carboxylic acids is 1. The van der Waals surface area contributed by atoms with Crippen LogP contribution in [0.4, 0.5) is 4.79 Å². The zero-order valence-corrected chi connectivity index (χ0v) is 12.8. The molecular formula is C15H17ClNO4+. The lowest BCUT2D eigenvalue weighted by atomic mass is 9.97. The molecule has 1 rings (SSSR count). The number of carboxylic acids is 1. The maximum absolute atomic E-state index is 11.5. The normalized spacial score (nSPS) is 12.0. The second-order valence-electron chi connectivity index (χ2n) is 5.43. The quantitative estimate of drug-likeness (QED) is 0.910. The van der Waals surface area contributed by atoms with Gasteiger partial charge in [0, 0.05) is 5.02 Å². The Morgan fingerprint density at radius 1 is 1.43 bits per heavy atom. The van der Waals surface area contributed by atoms with Crippen LogP contribution >= 0.6 is 11.6 Å². The van der Waals surface area contributed by atoms with E-state index in [4.69, 9.17) is 21.4 Å². The number of amides is 1. The third-order valence-corrected chi connectivity index (χ3v) is 2.57. The van der Waals surface area contributed by atoms with Crippen molar-refractivity contribution in [2.45, 2.75) is 38.7 Å². The lowest BCUT2D eigenvalue weighted by Crippen LogP contribution is -2.21. The monoisotopic (exact) mass is 310 g/mol. The summed E-state index contributed by atoms with van der Waals surface area (Å²) in [4.78, 5) is 26.0. The Morgan fingerprint density at radius 3 is 2.62 bits per heavy atom. The first-order valence-corrected chi connectivity index (χ1v) is 6.71. The average Bonchev–Trinajstić information content (AvgIpc) is 2.31. The van der Waals surface area contributed by atoms with E-state index in [0.29, 0.717) is 10.6 Å². The molecule has 1 atom stereocenters. The Hall–Kier alpha value is -2.06. The van der Waals surface area contributed by atoms with Crippen molar-refractivity contribution in [2.24, 2.45) is 0 Å². The summed E-state index contributed by atoms with van der Waals surface area (Å²) in [6.07, 6.45) is -1.05. The van der Waals surface area contributed by atoms with Crippen LogP contribution in [0.2, 0.25) is 5.02 Å². The standard InChI is InChI=1S/C15H16ClNO4/c1-15(2,3)21-14(20)17-9-11(8-13(18)19)10-5-4-6-12(16)7-10/h4-7,11H,8H2,1-3H3/p+1. The summed E-state index contributed by atoms with van der Waals surface area (Å²) >= 11 is 5.88. The van der Waals surface area contributed by atoms with E-state index in [1.807, 2.05) is 0 Å². The Labute approximate surface area is 128 Å². The maximum atomic E-state index is 11.5. The molecule has 21 heavy (non-hydrogen) atoms. The number of carbonyl (C=O) groups is 2. The highest BCUT2D eigenvalue weighted by molar-refractivity contribution is 6.30. The van der Waals surface area contributed by atoms with Crippen molar-refractivity contribution in [3.05, 3.63) is 39.7 Å². The largest absolute Gasteiger partial charge is 0.728 e. The predicted octanol–water partition coefficient (Wildman–Crippen LogP) is 4.17. The average molecular weight is 311 g/mol. The van der Waals surface area contributed by atoms with E-state index >= 15 is 0 Å². The second-order valence-corrected chi connectivity index (χ2v) is 5.86. The predicted molar refractivity (Wildman–Crippen MR) is 79.9 cm³/mol. The van der Waals surface area contributed by atoms with E-state index in [1.165, 1.54) is 0 Å².